The van der Waals surface area contributed by atoms with Crippen LogP contribution in [0.4, 0.5) is 0 Å². The number of hydrogen-bond acceptors (Lipinski definition) is 4. The van der Waals surface area contributed by atoms with Crippen molar-refractivity contribution in [2.24, 2.45) is 0 Å². The smallest absolute Gasteiger partial charge is 0.333 e. The fourth-order valence-corrected chi connectivity index (χ4v) is 0.605. The van der Waals surface area contributed by atoms with Crippen molar-refractivity contribution in [3.63, 3.8) is 0 Å². The van der Waals surface area contributed by atoms with Crippen LogP contribution in [0.15, 0.2) is 24.8 Å². The summed E-state index contributed by atoms with van der Waals surface area (Å²) in [5, 5.41) is 10.8. The lowest BCUT2D eigenvalue weighted by Crippen LogP contribution is -2.27. The number of amides is 1. The molecule has 0 aromatic heterocycles. The van der Waals surface area contributed by atoms with Crippen molar-refractivity contribution in [2.75, 3.05) is 13.2 Å². The monoisotopic (exact) mass is 243 g/mol. The maximum absolute atomic E-state index is 10.5. The summed E-state index contributed by atoms with van der Waals surface area (Å²) < 4.78 is 4.46. The molecule has 0 heterocycles. The number of rotatable bonds is 5. The highest BCUT2D eigenvalue weighted by molar-refractivity contribution is 5.87. The third kappa shape index (κ3) is 14.4. The molecule has 0 aromatic rings. The Morgan fingerprint density at radius 2 is 2.00 bits per heavy atom. The maximum atomic E-state index is 10.5. The first-order chi connectivity index (χ1) is 7.84. The summed E-state index contributed by atoms with van der Waals surface area (Å²) >= 11 is 0. The number of carbonyl (C=O) groups is 2. The predicted molar refractivity (Wildman–Crippen MR) is 66.3 cm³/mol. The molecule has 5 heteroatoms. The second-order valence-electron chi connectivity index (χ2n) is 3.51. The molecule has 0 saturated heterocycles. The fraction of sp³-hybridized carbons (Fsp3) is 0.500. The molecule has 5 nitrogen and oxygen atoms in total. The molecule has 0 aromatic carbocycles. The standard InChI is InChI=1S/C6H11NO.C6H10O3/c1-4-6(8)7-5(2)3;1-5(2)6(8)9-4-3-7/h4-5H,1H2,2-3H3,(H,7,8);7H,1,3-4H2,2H3. The van der Waals surface area contributed by atoms with Crippen LogP contribution in [0, 0.1) is 0 Å². The van der Waals surface area contributed by atoms with E-state index in [-0.39, 0.29) is 25.2 Å². The minimum absolute atomic E-state index is 0.0473. The van der Waals surface area contributed by atoms with Crippen molar-refractivity contribution in [1.82, 2.24) is 5.32 Å². The minimum Gasteiger partial charge on any atom is -0.460 e. The van der Waals surface area contributed by atoms with E-state index in [0.29, 0.717) is 5.57 Å². The quantitative estimate of drug-likeness (QED) is 0.553. The first kappa shape index (κ1) is 17.8. The van der Waals surface area contributed by atoms with E-state index >= 15 is 0 Å². The topological polar surface area (TPSA) is 75.6 Å². The van der Waals surface area contributed by atoms with Crippen molar-refractivity contribution < 1.29 is 19.4 Å². The van der Waals surface area contributed by atoms with Gasteiger partial charge in [-0.1, -0.05) is 13.2 Å². The summed E-state index contributed by atoms with van der Waals surface area (Å²) in [5.74, 6) is -0.566. The number of aliphatic hydroxyl groups is 1. The van der Waals surface area contributed by atoms with Gasteiger partial charge in [0.15, 0.2) is 0 Å². The number of nitrogens with one attached hydrogen (secondary N) is 1. The molecular weight excluding hydrogens is 222 g/mol. The molecule has 1 amide bonds. The van der Waals surface area contributed by atoms with Crippen molar-refractivity contribution in [3.05, 3.63) is 24.8 Å². The molecule has 17 heavy (non-hydrogen) atoms. The van der Waals surface area contributed by atoms with Crippen molar-refractivity contribution in [3.8, 4) is 0 Å². The average Bonchev–Trinajstić information content (AvgIpc) is 2.25. The van der Waals surface area contributed by atoms with Gasteiger partial charge in [0.1, 0.15) is 6.61 Å². The van der Waals surface area contributed by atoms with Gasteiger partial charge in [0.25, 0.3) is 0 Å². The summed E-state index contributed by atoms with van der Waals surface area (Å²) in [7, 11) is 0. The number of hydrogen-bond donors (Lipinski definition) is 2. The van der Waals surface area contributed by atoms with Crippen LogP contribution in [-0.2, 0) is 14.3 Å². The molecule has 0 aliphatic rings. The molecule has 0 atom stereocenters. The number of carbonyl (C=O) groups excluding carboxylic acids is 2. The molecule has 0 radical (unpaired) electrons. The van der Waals surface area contributed by atoms with Gasteiger partial charge in [-0.2, -0.15) is 0 Å². The summed E-state index contributed by atoms with van der Waals surface area (Å²) in [6.45, 7) is 11.9. The molecule has 0 bridgehead atoms. The van der Waals surface area contributed by atoms with Crippen LogP contribution in [0.1, 0.15) is 20.8 Å². The molecule has 98 valence electrons. The number of ether oxygens (including phenoxy) is 1. The first-order valence-electron chi connectivity index (χ1n) is 5.21. The number of aliphatic hydroxyl groups excluding tert-OH is 1. The van der Waals surface area contributed by atoms with Crippen LogP contribution >= 0.6 is 0 Å². The Morgan fingerprint density at radius 1 is 1.47 bits per heavy atom. The molecule has 0 aliphatic heterocycles. The average molecular weight is 243 g/mol. The van der Waals surface area contributed by atoms with Gasteiger partial charge >= 0.3 is 5.97 Å². The summed E-state index contributed by atoms with van der Waals surface area (Å²) in [5.41, 5.74) is 0.350. The SMILES string of the molecule is C=C(C)C(=O)OCCO.C=CC(=O)NC(C)C. The van der Waals surface area contributed by atoms with Crippen LogP contribution in [0.2, 0.25) is 0 Å². The molecule has 0 rings (SSSR count). The molecular formula is C12H21NO4. The lowest BCUT2D eigenvalue weighted by Gasteiger charge is -2.02. The van der Waals surface area contributed by atoms with Gasteiger partial charge in [-0.05, 0) is 26.8 Å². The second kappa shape index (κ2) is 10.9. The molecule has 0 saturated carbocycles. The Morgan fingerprint density at radius 3 is 2.24 bits per heavy atom. The number of esters is 1. The van der Waals surface area contributed by atoms with E-state index in [0.717, 1.165) is 0 Å². The largest absolute Gasteiger partial charge is 0.460 e. The highest BCUT2D eigenvalue weighted by atomic mass is 16.5. The molecule has 0 unspecified atom stereocenters. The van der Waals surface area contributed by atoms with Gasteiger partial charge in [0, 0.05) is 11.6 Å². The fourth-order valence-electron chi connectivity index (χ4n) is 0.605. The third-order valence-electron chi connectivity index (χ3n) is 1.29. The molecule has 0 spiro atoms. The van der Waals surface area contributed by atoms with Gasteiger partial charge in [0.2, 0.25) is 5.91 Å². The van der Waals surface area contributed by atoms with Gasteiger partial charge in [-0.15, -0.1) is 0 Å². The van der Waals surface area contributed by atoms with Crippen LogP contribution in [0.25, 0.3) is 0 Å². The lowest BCUT2D eigenvalue weighted by molar-refractivity contribution is -0.139. The van der Waals surface area contributed by atoms with Gasteiger partial charge < -0.3 is 15.2 Å². The van der Waals surface area contributed by atoms with Gasteiger partial charge in [0.05, 0.1) is 6.61 Å². The Bertz CT molecular complexity index is 272. The highest BCUT2D eigenvalue weighted by Crippen LogP contribution is 1.89. The van der Waals surface area contributed by atoms with Crippen LogP contribution in [-0.4, -0.2) is 36.2 Å². The molecule has 2 N–H and O–H groups in total. The van der Waals surface area contributed by atoms with Crippen molar-refractivity contribution in [1.29, 1.82) is 0 Å². The Labute approximate surface area is 102 Å². The Balaban J connectivity index is 0. The summed E-state index contributed by atoms with van der Waals surface area (Å²) in [6.07, 6.45) is 1.26. The van der Waals surface area contributed by atoms with Crippen LogP contribution in [0.5, 0.6) is 0 Å². The highest BCUT2D eigenvalue weighted by Gasteiger charge is 1.99. The van der Waals surface area contributed by atoms with E-state index in [1.807, 2.05) is 13.8 Å². The summed E-state index contributed by atoms with van der Waals surface area (Å²) in [6, 6.07) is 0.209. The Hall–Kier alpha value is -1.62. The van der Waals surface area contributed by atoms with Crippen molar-refractivity contribution >= 4 is 11.9 Å². The normalized spacial score (nSPS) is 8.76. The third-order valence-corrected chi connectivity index (χ3v) is 1.29. The zero-order chi connectivity index (χ0) is 13.8. The van der Waals surface area contributed by atoms with Crippen LogP contribution in [0.3, 0.4) is 0 Å². The summed E-state index contributed by atoms with van der Waals surface area (Å²) in [4.78, 5) is 20.9. The van der Waals surface area contributed by atoms with E-state index < -0.39 is 5.97 Å². The Kier molecular flexibility index (Phi) is 11.4. The van der Waals surface area contributed by atoms with E-state index in [2.05, 4.69) is 23.2 Å². The van der Waals surface area contributed by atoms with Gasteiger partial charge in [-0.25, -0.2) is 4.79 Å². The predicted octanol–water partition coefficient (Wildman–Crippen LogP) is 0.795. The zero-order valence-corrected chi connectivity index (χ0v) is 10.7. The van der Waals surface area contributed by atoms with E-state index in [1.165, 1.54) is 6.08 Å². The second-order valence-corrected chi connectivity index (χ2v) is 3.51. The van der Waals surface area contributed by atoms with E-state index in [9.17, 15) is 9.59 Å². The zero-order valence-electron chi connectivity index (χ0n) is 10.7. The van der Waals surface area contributed by atoms with E-state index in [1.54, 1.807) is 6.92 Å². The van der Waals surface area contributed by atoms with Gasteiger partial charge in [-0.3, -0.25) is 4.79 Å². The molecule has 0 fully saturated rings. The minimum atomic E-state index is -0.455. The van der Waals surface area contributed by atoms with Crippen molar-refractivity contribution in [2.45, 2.75) is 26.8 Å². The lowest BCUT2D eigenvalue weighted by atomic mass is 10.4. The van der Waals surface area contributed by atoms with E-state index in [4.69, 9.17) is 5.11 Å². The van der Waals surface area contributed by atoms with Crippen LogP contribution < -0.4 is 5.32 Å². The molecule has 0 aliphatic carbocycles. The first-order valence-corrected chi connectivity index (χ1v) is 5.21. The maximum Gasteiger partial charge on any atom is 0.333 e.